The van der Waals surface area contributed by atoms with E-state index in [0.717, 1.165) is 18.2 Å². The molecule has 0 aliphatic rings. The molecular weight excluding hydrogens is 960 g/mol. The van der Waals surface area contributed by atoms with Crippen LogP contribution >= 0.6 is 0 Å². The number of carbonyl (C=O) groups excluding carboxylic acids is 6. The normalized spacial score (nSPS) is 12.8. The Morgan fingerprint density at radius 2 is 0.642 bits per heavy atom. The van der Waals surface area contributed by atoms with Gasteiger partial charge in [-0.25, -0.2) is 15.0 Å². The third kappa shape index (κ3) is 23.4. The van der Waals surface area contributed by atoms with Crippen LogP contribution in [0.15, 0.2) is 147 Å². The molecule has 3 heterocycles. The van der Waals surface area contributed by atoms with Gasteiger partial charge in [-0.2, -0.15) is 0 Å². The van der Waals surface area contributed by atoms with Crippen LogP contribution < -0.4 is 30.6 Å². The Morgan fingerprint density at radius 3 is 0.791 bits per heavy atom. The van der Waals surface area contributed by atoms with Crippen LogP contribution in [0.25, 0.3) is 18.2 Å². The van der Waals surface area contributed by atoms with Crippen molar-refractivity contribution >= 4 is 54.0 Å². The first-order chi connectivity index (χ1) is 31.0. The summed E-state index contributed by atoms with van der Waals surface area (Å²) in [6.45, 7) is 3.58. The number of aromatic nitrogens is 6. The van der Waals surface area contributed by atoms with E-state index in [9.17, 15) is 74.7 Å². The quantitative estimate of drug-likeness (QED) is 0.0510. The second-order valence-electron chi connectivity index (χ2n) is 13.2. The predicted molar refractivity (Wildman–Crippen MR) is 221 cm³/mol. The van der Waals surface area contributed by atoms with E-state index in [0.29, 0.717) is 33.8 Å². The maximum Gasteiger partial charge on any atom is 0.126 e. The molecule has 0 amide bonds. The first-order valence-corrected chi connectivity index (χ1v) is 18.6. The number of aliphatic hydroxyl groups is 3. The molecule has 0 bridgehead atoms. The third-order valence-corrected chi connectivity index (χ3v) is 7.96. The summed E-state index contributed by atoms with van der Waals surface area (Å²) in [7, 11) is 0. The molecule has 0 saturated carbocycles. The Morgan fingerprint density at radius 1 is 0.433 bits per heavy atom. The van der Waals surface area contributed by atoms with Crippen molar-refractivity contribution in [3.05, 3.63) is 181 Å². The minimum Gasteiger partial charge on any atom is -0.547 e. The molecule has 0 spiro atoms. The number of aromatic amines is 3. The van der Waals surface area contributed by atoms with Crippen LogP contribution in [0, 0.1) is 0 Å². The molecular formula is C45H42MoN6O15-6. The van der Waals surface area contributed by atoms with Crippen molar-refractivity contribution in [1.82, 2.24) is 29.9 Å². The van der Waals surface area contributed by atoms with E-state index in [2.05, 4.69) is 29.9 Å². The number of imidazole rings is 3. The van der Waals surface area contributed by atoms with E-state index < -0.39 is 52.6 Å². The summed E-state index contributed by atoms with van der Waals surface area (Å²) < 4.78 is 0. The molecule has 3 unspecified atom stereocenters. The van der Waals surface area contributed by atoms with Gasteiger partial charge in [-0.3, -0.25) is 0 Å². The van der Waals surface area contributed by atoms with E-state index >= 15 is 0 Å². The topological polar surface area (TPSA) is 388 Å². The van der Waals surface area contributed by atoms with Gasteiger partial charge in [0.1, 0.15) is 16.8 Å². The number of rotatable bonds is 12. The van der Waals surface area contributed by atoms with Gasteiger partial charge in [0.2, 0.25) is 0 Å². The molecule has 21 nitrogen and oxygen atoms in total. The first kappa shape index (κ1) is 58.9. The van der Waals surface area contributed by atoms with Crippen molar-refractivity contribution < 1.29 is 95.8 Å². The van der Waals surface area contributed by atoms with Crippen LogP contribution in [0.2, 0.25) is 0 Å². The number of H-pyrrole nitrogens is 3. The molecule has 0 aliphatic carbocycles. The summed E-state index contributed by atoms with van der Waals surface area (Å²) >= 11 is 0. The summed E-state index contributed by atoms with van der Waals surface area (Å²) in [5, 5.41) is 89.2. The Balaban J connectivity index is 0.000000779. The number of hydrogen-bond donors (Lipinski definition) is 6. The predicted octanol–water partition coefficient (Wildman–Crippen LogP) is -3.55. The average Bonchev–Trinajstić information content (AvgIpc) is 4.12. The van der Waals surface area contributed by atoms with Gasteiger partial charge in [-0.1, -0.05) is 91.0 Å². The number of hydrogen-bond acceptors (Lipinski definition) is 18. The Bertz CT molecular complexity index is 2180. The minimum atomic E-state index is -1.90. The zero-order valence-corrected chi connectivity index (χ0v) is 37.6. The number of carbonyl (C=O) groups is 6. The number of carboxylic acid groups (broad SMARTS) is 6. The molecule has 0 fully saturated rings. The van der Waals surface area contributed by atoms with Gasteiger partial charge >= 0.3 is 0 Å². The molecule has 0 saturated heterocycles. The second kappa shape index (κ2) is 30.1. The van der Waals surface area contributed by atoms with Gasteiger partial charge in [-0.15, -0.1) is 0 Å². The van der Waals surface area contributed by atoms with Crippen molar-refractivity contribution in [1.29, 1.82) is 0 Å². The molecule has 0 radical (unpaired) electrons. The minimum absolute atomic E-state index is 0. The molecule has 354 valence electrons. The number of nitrogens with one attached hydrogen (secondary N) is 3. The number of carboxylic acids is 6. The van der Waals surface area contributed by atoms with Crippen molar-refractivity contribution in [2.24, 2.45) is 0 Å². The average molecular weight is 1000 g/mol. The van der Waals surface area contributed by atoms with Crippen LogP contribution in [0.3, 0.4) is 0 Å². The molecule has 67 heavy (non-hydrogen) atoms. The summed E-state index contributed by atoms with van der Waals surface area (Å²) in [6.07, 6.45) is 15.9. The van der Waals surface area contributed by atoms with Crippen molar-refractivity contribution in [2.75, 3.05) is 0 Å². The molecule has 3 aromatic heterocycles. The van der Waals surface area contributed by atoms with Gasteiger partial charge in [0, 0.05) is 21.1 Å². The fourth-order valence-corrected chi connectivity index (χ4v) is 4.19. The van der Waals surface area contributed by atoms with Crippen LogP contribution in [-0.4, -0.2) is 81.0 Å². The molecule has 0 aliphatic heterocycles. The van der Waals surface area contributed by atoms with Crippen LogP contribution in [0.1, 0.15) is 54.5 Å². The fraction of sp³-hybridized carbons (Fsp3) is 0.133. The molecule has 3 aromatic carbocycles. The monoisotopic (exact) mass is 1000 g/mol. The molecule has 6 aromatic rings. The molecule has 6 N–H and O–H groups in total. The van der Waals surface area contributed by atoms with E-state index in [1.165, 1.54) is 113 Å². The molecule has 6 rings (SSSR count). The van der Waals surface area contributed by atoms with Crippen molar-refractivity contribution in [2.45, 2.75) is 37.6 Å². The zero-order chi connectivity index (χ0) is 49.8. The standard InChI is InChI=1S/3C9H10O3.3C6H6N2O2.Mo/c3*1-9(12,8(10)11)7-5-3-2-4-6-7;3*9-6(10)2-1-5-3-7-4-8-5;/h3*2-6,12H,1H3,(H,10,11);3*1-4H,(H,7,8)(H,9,10);/p-6. The fourth-order valence-electron chi connectivity index (χ4n) is 4.19. The van der Waals surface area contributed by atoms with Gasteiger partial charge < -0.3 is 89.7 Å². The maximum absolute atomic E-state index is 10.5. The first-order valence-electron chi connectivity index (χ1n) is 18.6. The number of nitrogens with zero attached hydrogens (tertiary/aromatic N) is 3. The number of aliphatic carboxylic acids is 6. The third-order valence-electron chi connectivity index (χ3n) is 7.96. The van der Waals surface area contributed by atoms with Crippen molar-refractivity contribution in [3.63, 3.8) is 0 Å². The Kier molecular flexibility index (Phi) is 26.5. The van der Waals surface area contributed by atoms with Crippen LogP contribution in [0.5, 0.6) is 0 Å². The smallest absolute Gasteiger partial charge is 0.126 e. The Labute approximate surface area is 396 Å². The maximum atomic E-state index is 10.5. The van der Waals surface area contributed by atoms with Gasteiger partial charge in [-0.05, 0) is 73.9 Å². The summed E-state index contributed by atoms with van der Waals surface area (Å²) in [4.78, 5) is 80.1. The van der Waals surface area contributed by atoms with E-state index in [-0.39, 0.29) is 21.1 Å². The van der Waals surface area contributed by atoms with Gasteiger partial charge in [0.15, 0.2) is 0 Å². The van der Waals surface area contributed by atoms with Gasteiger partial charge in [0.05, 0.1) is 90.5 Å². The van der Waals surface area contributed by atoms with E-state index in [4.69, 9.17) is 0 Å². The Hall–Kier alpha value is -8.10. The van der Waals surface area contributed by atoms with E-state index in [1.807, 2.05) is 0 Å². The zero-order valence-electron chi connectivity index (χ0n) is 35.6. The molecule has 3 atom stereocenters. The molecule has 22 heteroatoms. The number of benzene rings is 3. The largest absolute Gasteiger partial charge is 0.547 e. The van der Waals surface area contributed by atoms with Crippen molar-refractivity contribution in [3.8, 4) is 0 Å². The van der Waals surface area contributed by atoms with Crippen LogP contribution in [0.4, 0.5) is 0 Å². The van der Waals surface area contributed by atoms with Crippen LogP contribution in [-0.2, 0) is 66.6 Å². The SMILES string of the molecule is CC(O)(C(=O)[O-])c1ccccc1.CC(O)(C(=O)[O-])c1ccccc1.CC(O)(C(=O)[O-])c1ccccc1.O=C([O-])C=Cc1cnc[nH]1.O=C([O-])C=Cc1cnc[nH]1.O=C([O-])C=Cc1cnc[nH]1.[Mo]. The van der Waals surface area contributed by atoms with Gasteiger partial charge in [0.25, 0.3) is 0 Å². The van der Waals surface area contributed by atoms with E-state index in [1.54, 1.807) is 54.6 Å². The summed E-state index contributed by atoms with van der Waals surface area (Å²) in [5.74, 6) is -8.12. The summed E-state index contributed by atoms with van der Waals surface area (Å²) in [5.41, 5.74) is -2.80. The summed E-state index contributed by atoms with van der Waals surface area (Å²) in [6, 6.07) is 24.4. The second-order valence-corrected chi connectivity index (χ2v) is 13.2.